The van der Waals surface area contributed by atoms with E-state index in [-0.39, 0.29) is 30.1 Å². The molecule has 47 heavy (non-hydrogen) atoms. The first-order valence-electron chi connectivity index (χ1n) is 15.8. The molecule has 7 rings (SSSR count). The fraction of sp³-hybridized carbons (Fsp3) is 0.237. The number of benzene rings is 3. The molecule has 3 aromatic carbocycles. The summed E-state index contributed by atoms with van der Waals surface area (Å²) in [6, 6.07) is 25.7. The Balaban J connectivity index is 1.01. The van der Waals surface area contributed by atoms with Crippen LogP contribution in [0, 0.1) is 18.6 Å². The van der Waals surface area contributed by atoms with Crippen LogP contribution in [0.1, 0.15) is 29.8 Å². The number of thioether (sulfide) groups is 1. The van der Waals surface area contributed by atoms with Gasteiger partial charge in [0, 0.05) is 69.9 Å². The number of carbonyl (C=O) groups excluding carboxylic acids is 1. The van der Waals surface area contributed by atoms with Gasteiger partial charge in [-0.1, -0.05) is 24.3 Å². The zero-order valence-electron chi connectivity index (χ0n) is 26.3. The van der Waals surface area contributed by atoms with E-state index < -0.39 is 0 Å². The van der Waals surface area contributed by atoms with Crippen LogP contribution in [0.3, 0.4) is 0 Å². The number of piperidine rings is 1. The number of para-hydroxylation sites is 1. The van der Waals surface area contributed by atoms with Crippen LogP contribution in [0.4, 0.5) is 14.6 Å². The fourth-order valence-electron chi connectivity index (χ4n) is 6.65. The first-order valence-corrected chi connectivity index (χ1v) is 17.0. The van der Waals surface area contributed by atoms with Crippen molar-refractivity contribution in [3.63, 3.8) is 0 Å². The molecule has 1 aliphatic rings. The highest BCUT2D eigenvalue weighted by Gasteiger charge is 2.23. The molecular weight excluding hydrogens is 613 g/mol. The van der Waals surface area contributed by atoms with Gasteiger partial charge in [0.2, 0.25) is 5.91 Å². The standard InChI is InChI=1S/C38H35F2N5OS/c1-24-31(21-30-11-7-25-5-3-4-6-34(25)42-30)33-20-27(39)9-12-35(33)45(24)23-38(46)43-29-15-17-44(18-16-29)37-14-8-26(22-41-37)32-19-28(40)10-13-36(32)47-2/h3-14,19-20,22,29H,15-18,21,23H2,1-2H3,(H,43,46). The topological polar surface area (TPSA) is 63.1 Å². The number of carbonyl (C=O) groups is 1. The van der Waals surface area contributed by atoms with Crippen LogP contribution in [-0.2, 0) is 17.8 Å². The molecule has 1 N–H and O–H groups in total. The van der Waals surface area contributed by atoms with E-state index in [2.05, 4.69) is 21.3 Å². The van der Waals surface area contributed by atoms with Crippen molar-refractivity contribution in [2.45, 2.75) is 43.7 Å². The minimum Gasteiger partial charge on any atom is -0.356 e. The molecule has 4 heterocycles. The molecule has 0 radical (unpaired) electrons. The maximum absolute atomic E-state index is 14.4. The molecule has 6 nitrogen and oxygen atoms in total. The van der Waals surface area contributed by atoms with Crippen LogP contribution < -0.4 is 10.2 Å². The molecule has 1 aliphatic heterocycles. The summed E-state index contributed by atoms with van der Waals surface area (Å²) in [5.74, 6) is 0.237. The Kier molecular flexibility index (Phi) is 8.64. The van der Waals surface area contributed by atoms with Crippen molar-refractivity contribution in [2.24, 2.45) is 0 Å². The van der Waals surface area contributed by atoms with E-state index in [4.69, 9.17) is 4.98 Å². The van der Waals surface area contributed by atoms with E-state index in [0.29, 0.717) is 6.42 Å². The van der Waals surface area contributed by atoms with Gasteiger partial charge >= 0.3 is 0 Å². The number of fused-ring (bicyclic) bond motifs is 2. The molecule has 1 saturated heterocycles. The quantitative estimate of drug-likeness (QED) is 0.170. The monoisotopic (exact) mass is 647 g/mol. The number of aromatic nitrogens is 3. The molecule has 0 spiro atoms. The average Bonchev–Trinajstić information content (AvgIpc) is 3.33. The fourth-order valence-corrected chi connectivity index (χ4v) is 7.25. The Hall–Kier alpha value is -4.76. The van der Waals surface area contributed by atoms with Gasteiger partial charge in [-0.3, -0.25) is 9.78 Å². The predicted octanol–water partition coefficient (Wildman–Crippen LogP) is 7.94. The lowest BCUT2D eigenvalue weighted by atomic mass is 10.0. The van der Waals surface area contributed by atoms with Crippen LogP contribution in [0.25, 0.3) is 32.9 Å². The second-order valence-electron chi connectivity index (χ2n) is 12.1. The number of hydrogen-bond donors (Lipinski definition) is 1. The third-order valence-electron chi connectivity index (χ3n) is 9.14. The molecular formula is C38H35F2N5OS. The van der Waals surface area contributed by atoms with Crippen LogP contribution >= 0.6 is 11.8 Å². The average molecular weight is 648 g/mol. The van der Waals surface area contributed by atoms with Crippen LogP contribution in [0.5, 0.6) is 0 Å². The molecule has 1 fully saturated rings. The summed E-state index contributed by atoms with van der Waals surface area (Å²) < 4.78 is 30.4. The zero-order valence-corrected chi connectivity index (χ0v) is 27.2. The summed E-state index contributed by atoms with van der Waals surface area (Å²) in [7, 11) is 0. The Morgan fingerprint density at radius 3 is 2.53 bits per heavy atom. The van der Waals surface area contributed by atoms with Gasteiger partial charge in [0.15, 0.2) is 0 Å². The number of halogens is 2. The molecule has 0 atom stereocenters. The van der Waals surface area contributed by atoms with Crippen LogP contribution in [0.2, 0.25) is 0 Å². The Morgan fingerprint density at radius 1 is 0.957 bits per heavy atom. The molecule has 3 aromatic heterocycles. The third-order valence-corrected chi connectivity index (χ3v) is 9.93. The van der Waals surface area contributed by atoms with Crippen molar-refractivity contribution < 1.29 is 13.6 Å². The maximum Gasteiger partial charge on any atom is 0.240 e. The molecule has 0 unspecified atom stereocenters. The van der Waals surface area contributed by atoms with Crippen molar-refractivity contribution in [3.8, 4) is 11.1 Å². The maximum atomic E-state index is 14.4. The van der Waals surface area contributed by atoms with Gasteiger partial charge in [-0.05, 0) is 97.8 Å². The smallest absolute Gasteiger partial charge is 0.240 e. The SMILES string of the molecule is CSc1ccc(F)cc1-c1ccc(N2CCC(NC(=O)Cn3c(C)c(Cc4ccc5ccccc5n4)c4cc(F)ccc43)CC2)nc1. The first-order chi connectivity index (χ1) is 22.9. The van der Waals surface area contributed by atoms with Crippen molar-refractivity contribution in [2.75, 3.05) is 24.2 Å². The van der Waals surface area contributed by atoms with Gasteiger partial charge in [-0.2, -0.15) is 0 Å². The second-order valence-corrected chi connectivity index (χ2v) is 12.9. The summed E-state index contributed by atoms with van der Waals surface area (Å²) in [5.41, 5.74) is 6.28. The van der Waals surface area contributed by atoms with Crippen molar-refractivity contribution in [1.82, 2.24) is 19.9 Å². The van der Waals surface area contributed by atoms with Gasteiger partial charge < -0.3 is 14.8 Å². The summed E-state index contributed by atoms with van der Waals surface area (Å²) in [5, 5.41) is 5.12. The van der Waals surface area contributed by atoms with E-state index in [0.717, 1.165) is 86.5 Å². The lowest BCUT2D eigenvalue weighted by Crippen LogP contribution is -2.45. The van der Waals surface area contributed by atoms with Crippen LogP contribution in [-0.4, -0.2) is 45.8 Å². The summed E-state index contributed by atoms with van der Waals surface area (Å²) in [4.78, 5) is 26.1. The van der Waals surface area contributed by atoms with Crippen molar-refractivity contribution in [1.29, 1.82) is 0 Å². The normalized spacial score (nSPS) is 13.8. The summed E-state index contributed by atoms with van der Waals surface area (Å²) >= 11 is 1.58. The molecule has 238 valence electrons. The Labute approximate surface area is 276 Å². The number of amides is 1. The number of nitrogens with zero attached hydrogens (tertiary/aromatic N) is 4. The second kappa shape index (κ2) is 13.2. The number of anilines is 1. The van der Waals surface area contributed by atoms with Crippen LogP contribution in [0.15, 0.2) is 96.0 Å². The zero-order chi connectivity index (χ0) is 32.5. The van der Waals surface area contributed by atoms with E-state index in [9.17, 15) is 13.6 Å². The number of pyridine rings is 2. The number of hydrogen-bond acceptors (Lipinski definition) is 5. The predicted molar refractivity (Wildman–Crippen MR) is 186 cm³/mol. The minimum atomic E-state index is -0.304. The van der Waals surface area contributed by atoms with Gasteiger partial charge in [0.25, 0.3) is 0 Å². The Bertz CT molecular complexity index is 2090. The molecule has 9 heteroatoms. The highest BCUT2D eigenvalue weighted by molar-refractivity contribution is 7.98. The highest BCUT2D eigenvalue weighted by Crippen LogP contribution is 2.32. The molecule has 6 aromatic rings. The molecule has 0 saturated carbocycles. The lowest BCUT2D eigenvalue weighted by molar-refractivity contribution is -0.122. The van der Waals surface area contributed by atoms with E-state index in [1.807, 2.05) is 60.2 Å². The molecule has 0 aliphatic carbocycles. The van der Waals surface area contributed by atoms with E-state index >= 15 is 0 Å². The molecule has 0 bridgehead atoms. The summed E-state index contributed by atoms with van der Waals surface area (Å²) in [6.45, 7) is 3.68. The summed E-state index contributed by atoms with van der Waals surface area (Å²) in [6.07, 6.45) is 5.92. The first kappa shape index (κ1) is 30.9. The third kappa shape index (κ3) is 6.45. The number of nitrogens with one attached hydrogen (secondary N) is 1. The lowest BCUT2D eigenvalue weighted by Gasteiger charge is -2.33. The van der Waals surface area contributed by atoms with Gasteiger partial charge in [0.05, 0.1) is 5.52 Å². The van der Waals surface area contributed by atoms with Crippen molar-refractivity contribution >= 4 is 45.3 Å². The minimum absolute atomic E-state index is 0.0512. The number of rotatable bonds is 8. The molecule has 1 amide bonds. The highest BCUT2D eigenvalue weighted by atomic mass is 32.2. The van der Waals surface area contributed by atoms with E-state index in [1.165, 1.54) is 12.1 Å². The van der Waals surface area contributed by atoms with Crippen molar-refractivity contribution in [3.05, 3.63) is 120 Å². The van der Waals surface area contributed by atoms with E-state index in [1.54, 1.807) is 42.2 Å². The largest absolute Gasteiger partial charge is 0.356 e. The Morgan fingerprint density at radius 2 is 1.74 bits per heavy atom. The van der Waals surface area contributed by atoms with Gasteiger partial charge in [-0.15, -0.1) is 11.8 Å². The van der Waals surface area contributed by atoms with Gasteiger partial charge in [-0.25, -0.2) is 13.8 Å². The van der Waals surface area contributed by atoms with Gasteiger partial charge in [0.1, 0.15) is 24.0 Å².